The summed E-state index contributed by atoms with van der Waals surface area (Å²) in [6.45, 7) is 7.13. The molecule has 2 unspecified atom stereocenters. The van der Waals surface area contributed by atoms with Crippen LogP contribution in [0.2, 0.25) is 0 Å². The van der Waals surface area contributed by atoms with Crippen molar-refractivity contribution >= 4 is 6.03 Å². The van der Waals surface area contributed by atoms with Crippen LogP contribution in [0.15, 0.2) is 0 Å². The van der Waals surface area contributed by atoms with Crippen LogP contribution in [0.1, 0.15) is 33.1 Å². The lowest BCUT2D eigenvalue weighted by Gasteiger charge is -2.40. The monoisotopic (exact) mass is 226 g/mol. The first-order chi connectivity index (χ1) is 7.77. The van der Waals surface area contributed by atoms with Crippen LogP contribution in [0.4, 0.5) is 4.79 Å². The van der Waals surface area contributed by atoms with Crippen molar-refractivity contribution in [3.63, 3.8) is 0 Å². The van der Waals surface area contributed by atoms with Gasteiger partial charge in [-0.25, -0.2) is 4.79 Å². The largest absolute Gasteiger partial charge is 0.374 e. The number of carbonyl (C=O) groups is 1. The maximum absolute atomic E-state index is 12.3. The van der Waals surface area contributed by atoms with Gasteiger partial charge >= 0.3 is 6.03 Å². The molecule has 2 atom stereocenters. The number of urea groups is 1. The van der Waals surface area contributed by atoms with E-state index in [1.165, 1.54) is 6.42 Å². The van der Waals surface area contributed by atoms with Crippen molar-refractivity contribution < 1.29 is 9.53 Å². The zero-order valence-corrected chi connectivity index (χ0v) is 10.3. The van der Waals surface area contributed by atoms with Crippen molar-refractivity contribution in [2.45, 2.75) is 45.3 Å². The Hall–Kier alpha value is -0.770. The SMILES string of the molecule is CCN(CC)C(=O)N1CCOC2CCCC21. The predicted molar refractivity (Wildman–Crippen MR) is 62.4 cm³/mol. The molecule has 1 aliphatic carbocycles. The van der Waals surface area contributed by atoms with E-state index in [1.54, 1.807) is 0 Å². The van der Waals surface area contributed by atoms with Crippen LogP contribution < -0.4 is 0 Å². The van der Waals surface area contributed by atoms with Gasteiger partial charge in [-0.3, -0.25) is 0 Å². The molecule has 0 aromatic rings. The molecule has 1 aliphatic heterocycles. The highest BCUT2D eigenvalue weighted by atomic mass is 16.5. The Morgan fingerprint density at radius 1 is 1.38 bits per heavy atom. The number of rotatable bonds is 2. The minimum Gasteiger partial charge on any atom is -0.374 e. The summed E-state index contributed by atoms with van der Waals surface area (Å²) >= 11 is 0. The fourth-order valence-corrected chi connectivity index (χ4v) is 2.84. The van der Waals surface area contributed by atoms with Gasteiger partial charge in [-0.2, -0.15) is 0 Å². The molecule has 0 aromatic heterocycles. The lowest BCUT2D eigenvalue weighted by molar-refractivity contribution is -0.0430. The van der Waals surface area contributed by atoms with E-state index in [2.05, 4.69) is 0 Å². The van der Waals surface area contributed by atoms with E-state index in [-0.39, 0.29) is 6.03 Å². The average molecular weight is 226 g/mol. The highest BCUT2D eigenvalue weighted by Crippen LogP contribution is 2.30. The molecule has 2 amide bonds. The number of morpholine rings is 1. The molecule has 0 aromatic carbocycles. The summed E-state index contributed by atoms with van der Waals surface area (Å²) in [6.07, 6.45) is 3.72. The zero-order chi connectivity index (χ0) is 11.5. The fourth-order valence-electron chi connectivity index (χ4n) is 2.84. The zero-order valence-electron chi connectivity index (χ0n) is 10.3. The van der Waals surface area contributed by atoms with E-state index in [9.17, 15) is 4.79 Å². The topological polar surface area (TPSA) is 32.8 Å². The minimum atomic E-state index is 0.199. The fraction of sp³-hybridized carbons (Fsp3) is 0.917. The molecule has 0 radical (unpaired) electrons. The third-order valence-electron chi connectivity index (χ3n) is 3.76. The van der Waals surface area contributed by atoms with Crippen molar-refractivity contribution in [1.82, 2.24) is 9.80 Å². The highest BCUT2D eigenvalue weighted by Gasteiger charge is 2.39. The van der Waals surface area contributed by atoms with Crippen LogP contribution in [0.3, 0.4) is 0 Å². The average Bonchev–Trinajstić information content (AvgIpc) is 2.78. The number of hydrogen-bond donors (Lipinski definition) is 0. The van der Waals surface area contributed by atoms with Crippen LogP contribution in [0.25, 0.3) is 0 Å². The molecule has 0 bridgehead atoms. The summed E-state index contributed by atoms with van der Waals surface area (Å²) < 4.78 is 5.72. The predicted octanol–water partition coefficient (Wildman–Crippen LogP) is 1.70. The van der Waals surface area contributed by atoms with Crippen LogP contribution in [-0.4, -0.2) is 54.2 Å². The molecule has 2 rings (SSSR count). The van der Waals surface area contributed by atoms with Gasteiger partial charge in [-0.05, 0) is 33.1 Å². The van der Waals surface area contributed by atoms with E-state index in [0.29, 0.717) is 18.8 Å². The summed E-state index contributed by atoms with van der Waals surface area (Å²) in [4.78, 5) is 16.2. The Kier molecular flexibility index (Phi) is 3.69. The van der Waals surface area contributed by atoms with E-state index >= 15 is 0 Å². The summed E-state index contributed by atoms with van der Waals surface area (Å²) in [5.74, 6) is 0. The number of ether oxygens (including phenoxy) is 1. The molecular weight excluding hydrogens is 204 g/mol. The van der Waals surface area contributed by atoms with Crippen molar-refractivity contribution in [2.24, 2.45) is 0 Å². The maximum atomic E-state index is 12.3. The van der Waals surface area contributed by atoms with Crippen LogP contribution in [0, 0.1) is 0 Å². The summed E-state index contributed by atoms with van der Waals surface area (Å²) in [5.41, 5.74) is 0. The lowest BCUT2D eigenvalue weighted by atomic mass is 10.1. The summed E-state index contributed by atoms with van der Waals surface area (Å²) in [5, 5.41) is 0. The normalized spacial score (nSPS) is 29.0. The van der Waals surface area contributed by atoms with Gasteiger partial charge in [0.15, 0.2) is 0 Å². The lowest BCUT2D eigenvalue weighted by Crippen LogP contribution is -2.55. The van der Waals surface area contributed by atoms with Crippen molar-refractivity contribution in [1.29, 1.82) is 0 Å². The molecule has 1 heterocycles. The third-order valence-corrected chi connectivity index (χ3v) is 3.76. The highest BCUT2D eigenvalue weighted by molar-refractivity contribution is 5.75. The summed E-state index contributed by atoms with van der Waals surface area (Å²) in [6, 6.07) is 0.534. The second kappa shape index (κ2) is 5.04. The van der Waals surface area contributed by atoms with Crippen LogP contribution in [-0.2, 0) is 4.74 Å². The Balaban J connectivity index is 2.04. The molecule has 2 fully saturated rings. The summed E-state index contributed by atoms with van der Waals surface area (Å²) in [7, 11) is 0. The maximum Gasteiger partial charge on any atom is 0.320 e. The van der Waals surface area contributed by atoms with Gasteiger partial charge in [0.25, 0.3) is 0 Å². The van der Waals surface area contributed by atoms with Crippen molar-refractivity contribution in [2.75, 3.05) is 26.2 Å². The van der Waals surface area contributed by atoms with Gasteiger partial charge < -0.3 is 14.5 Å². The number of carbonyl (C=O) groups excluding carboxylic acids is 1. The van der Waals surface area contributed by atoms with Gasteiger partial charge in [-0.15, -0.1) is 0 Å². The van der Waals surface area contributed by atoms with Crippen molar-refractivity contribution in [3.05, 3.63) is 0 Å². The number of hydrogen-bond acceptors (Lipinski definition) is 2. The Bertz CT molecular complexity index is 253. The first-order valence-corrected chi connectivity index (χ1v) is 6.45. The van der Waals surface area contributed by atoms with E-state index < -0.39 is 0 Å². The quantitative estimate of drug-likeness (QED) is 0.718. The van der Waals surface area contributed by atoms with Gasteiger partial charge in [0, 0.05) is 19.6 Å². The first kappa shape index (κ1) is 11.7. The molecule has 4 heteroatoms. The molecule has 0 spiro atoms. The van der Waals surface area contributed by atoms with Gasteiger partial charge in [0.05, 0.1) is 18.8 Å². The second-order valence-electron chi connectivity index (χ2n) is 4.56. The Labute approximate surface area is 97.5 Å². The minimum absolute atomic E-state index is 0.199. The standard InChI is InChI=1S/C12H22N2O2/c1-3-13(4-2)12(15)14-8-9-16-11-7-5-6-10(11)14/h10-11H,3-9H2,1-2H3. The second-order valence-corrected chi connectivity index (χ2v) is 4.56. The van der Waals surface area contributed by atoms with E-state index in [0.717, 1.165) is 32.5 Å². The smallest absolute Gasteiger partial charge is 0.320 e. The van der Waals surface area contributed by atoms with Crippen molar-refractivity contribution in [3.8, 4) is 0 Å². The van der Waals surface area contributed by atoms with Crippen LogP contribution in [0.5, 0.6) is 0 Å². The molecule has 1 saturated heterocycles. The van der Waals surface area contributed by atoms with Gasteiger partial charge in [0.1, 0.15) is 0 Å². The molecule has 2 aliphatic rings. The molecular formula is C12H22N2O2. The molecule has 1 saturated carbocycles. The number of amides is 2. The first-order valence-electron chi connectivity index (χ1n) is 6.45. The molecule has 92 valence electrons. The number of fused-ring (bicyclic) bond motifs is 1. The number of nitrogens with zero attached hydrogens (tertiary/aromatic N) is 2. The molecule has 16 heavy (non-hydrogen) atoms. The Morgan fingerprint density at radius 3 is 2.81 bits per heavy atom. The van der Waals surface area contributed by atoms with Gasteiger partial charge in [0.2, 0.25) is 0 Å². The molecule has 4 nitrogen and oxygen atoms in total. The van der Waals surface area contributed by atoms with Crippen LogP contribution >= 0.6 is 0 Å². The van der Waals surface area contributed by atoms with Gasteiger partial charge in [-0.1, -0.05) is 0 Å². The Morgan fingerprint density at radius 2 is 2.12 bits per heavy atom. The van der Waals surface area contributed by atoms with E-state index in [1.807, 2.05) is 23.6 Å². The van der Waals surface area contributed by atoms with E-state index in [4.69, 9.17) is 4.74 Å². The molecule has 0 N–H and O–H groups in total. The third kappa shape index (κ3) is 2.03.